The van der Waals surface area contributed by atoms with Gasteiger partial charge in [0.25, 0.3) is 0 Å². The van der Waals surface area contributed by atoms with Gasteiger partial charge in [0, 0.05) is 0 Å². The Morgan fingerprint density at radius 1 is 0.243 bits per heavy atom. The summed E-state index contributed by atoms with van der Waals surface area (Å²) in [5, 5.41) is 46.0. The van der Waals surface area contributed by atoms with E-state index in [4.69, 9.17) is 0 Å². The maximum Gasteiger partial charge on any atom is 0.335 e. The van der Waals surface area contributed by atoms with Gasteiger partial charge in [-0.1, -0.05) is 72.8 Å². The van der Waals surface area contributed by atoms with Crippen molar-refractivity contribution in [2.45, 2.75) is 41.5 Å². The molecule has 0 fully saturated rings. The first-order valence-electron chi connectivity index (χ1n) is 22.9. The van der Waals surface area contributed by atoms with Crippen molar-refractivity contribution in [3.05, 3.63) is 201 Å². The van der Waals surface area contributed by atoms with E-state index in [1.807, 2.05) is 48.5 Å². The summed E-state index contributed by atoms with van der Waals surface area (Å²) >= 11 is 0. The molecule has 0 saturated heterocycles. The smallest absolute Gasteiger partial charge is 0.335 e. The van der Waals surface area contributed by atoms with Crippen LogP contribution in [-0.2, 0) is 0 Å². The Labute approximate surface area is 403 Å². The molecule has 10 rings (SSSR count). The molecule has 8 nitrogen and oxygen atoms in total. The van der Waals surface area contributed by atoms with Crippen molar-refractivity contribution in [1.82, 2.24) is 0 Å². The van der Waals surface area contributed by atoms with Gasteiger partial charge in [0.1, 0.15) is 0 Å². The van der Waals surface area contributed by atoms with Crippen LogP contribution in [0.3, 0.4) is 0 Å². The topological polar surface area (TPSA) is 149 Å². The third-order valence-corrected chi connectivity index (χ3v) is 14.3. The highest BCUT2D eigenvalue weighted by molar-refractivity contribution is 6.04. The summed E-state index contributed by atoms with van der Waals surface area (Å²) in [5.74, 6) is -3.96. The molecule has 0 radical (unpaired) electrons. The van der Waals surface area contributed by atoms with E-state index in [9.17, 15) is 39.6 Å². The minimum Gasteiger partial charge on any atom is -0.478 e. The number of rotatable bonds is 9. The van der Waals surface area contributed by atoms with Gasteiger partial charge in [-0.05, 0) is 246 Å². The lowest BCUT2D eigenvalue weighted by Crippen LogP contribution is -2.06. The average Bonchev–Trinajstić information content (AvgIpc) is 3.34. The highest BCUT2D eigenvalue weighted by Gasteiger charge is 2.27. The maximum absolute atomic E-state index is 12.0. The first-order valence-corrected chi connectivity index (χ1v) is 22.9. The molecule has 0 aromatic heterocycles. The summed E-state index contributed by atoms with van der Waals surface area (Å²) in [6.45, 7) is 13.0. The average molecular weight is 919 g/mol. The molecule has 0 spiro atoms. The summed E-state index contributed by atoms with van der Waals surface area (Å²) in [5.41, 5.74) is 17.3. The molecule has 70 heavy (non-hydrogen) atoms. The van der Waals surface area contributed by atoms with Crippen molar-refractivity contribution in [3.63, 3.8) is 0 Å². The standard InChI is InChI=1S/C62H46O8/c1-31-53(45-15-7-41-27-49(59(63)64)19-11-37(41)23-45)33(3)57(34(4)54(31)46-16-8-42-28-50(60(65)66)20-12-38(42)24-46)58-35(5)55(47-17-9-43-29-51(61(67)68)21-13-39(43)25-47)32(2)56(36(58)6)48-18-10-44-30-52(62(69)70)22-14-40(44)26-48/h7-30H,1-6H3,(H,63,64)(H,65,66)(H,67,68)(H,69,70). The first-order chi connectivity index (χ1) is 33.5. The molecule has 0 saturated carbocycles. The van der Waals surface area contributed by atoms with Crippen molar-refractivity contribution in [2.75, 3.05) is 0 Å². The van der Waals surface area contributed by atoms with Gasteiger partial charge in [0.05, 0.1) is 22.3 Å². The zero-order valence-corrected chi connectivity index (χ0v) is 39.3. The van der Waals surface area contributed by atoms with Gasteiger partial charge in [-0.2, -0.15) is 0 Å². The van der Waals surface area contributed by atoms with Crippen LogP contribution in [0.1, 0.15) is 74.8 Å². The molecule has 342 valence electrons. The lowest BCUT2D eigenvalue weighted by Gasteiger charge is -2.29. The maximum atomic E-state index is 12.0. The lowest BCUT2D eigenvalue weighted by molar-refractivity contribution is 0.0686. The van der Waals surface area contributed by atoms with Crippen LogP contribution in [0.15, 0.2) is 146 Å². The fourth-order valence-corrected chi connectivity index (χ4v) is 11.1. The second-order valence-electron chi connectivity index (χ2n) is 18.3. The third-order valence-electron chi connectivity index (χ3n) is 14.3. The van der Waals surface area contributed by atoms with Gasteiger partial charge in [0.15, 0.2) is 0 Å². The Bertz CT molecular complexity index is 3460. The van der Waals surface area contributed by atoms with Crippen LogP contribution in [0.2, 0.25) is 0 Å². The van der Waals surface area contributed by atoms with Gasteiger partial charge in [-0.25, -0.2) is 19.2 Å². The second kappa shape index (κ2) is 17.0. The van der Waals surface area contributed by atoms with E-state index in [1.165, 1.54) is 0 Å². The minimum atomic E-state index is -0.991. The van der Waals surface area contributed by atoms with Crippen molar-refractivity contribution < 1.29 is 39.6 Å². The van der Waals surface area contributed by atoms with Gasteiger partial charge in [-0.3, -0.25) is 0 Å². The Morgan fingerprint density at radius 2 is 0.414 bits per heavy atom. The van der Waals surface area contributed by atoms with E-state index in [2.05, 4.69) is 90.1 Å². The van der Waals surface area contributed by atoms with E-state index in [1.54, 1.807) is 48.5 Å². The van der Waals surface area contributed by atoms with E-state index in [-0.39, 0.29) is 22.3 Å². The molecule has 0 aliphatic carbocycles. The number of fused-ring (bicyclic) bond motifs is 4. The molecule has 0 bridgehead atoms. The number of carboxylic acid groups (broad SMARTS) is 4. The van der Waals surface area contributed by atoms with Crippen molar-refractivity contribution in [2.24, 2.45) is 0 Å². The number of benzene rings is 10. The SMILES string of the molecule is Cc1c(-c2ccc3cc(C(=O)O)ccc3c2)c(C)c(-c2c(C)c(-c3ccc4cc(C(=O)O)ccc4c3)c(C)c(-c3ccc4cc(C(=O)O)ccc4c3)c2C)c(C)c1-c1ccc2cc(C(=O)O)ccc2c1. The number of carbonyl (C=O) groups is 4. The van der Waals surface area contributed by atoms with Gasteiger partial charge in [0.2, 0.25) is 0 Å². The van der Waals surface area contributed by atoms with Crippen LogP contribution in [0.5, 0.6) is 0 Å². The Kier molecular flexibility index (Phi) is 10.9. The van der Waals surface area contributed by atoms with Gasteiger partial charge >= 0.3 is 23.9 Å². The predicted octanol–water partition coefficient (Wildman–Crippen LogP) is 15.3. The van der Waals surface area contributed by atoms with E-state index < -0.39 is 23.9 Å². The lowest BCUT2D eigenvalue weighted by atomic mass is 9.75. The summed E-state index contributed by atoms with van der Waals surface area (Å²) in [7, 11) is 0. The number of hydrogen-bond donors (Lipinski definition) is 4. The number of carboxylic acids is 4. The zero-order chi connectivity index (χ0) is 49.4. The fraction of sp³-hybridized carbons (Fsp3) is 0.0968. The number of hydrogen-bond acceptors (Lipinski definition) is 4. The van der Waals surface area contributed by atoms with Crippen LogP contribution in [0, 0.1) is 41.5 Å². The van der Waals surface area contributed by atoms with Gasteiger partial charge < -0.3 is 20.4 Å². The molecular formula is C62H46O8. The zero-order valence-electron chi connectivity index (χ0n) is 39.3. The molecule has 0 unspecified atom stereocenters. The molecule has 0 heterocycles. The molecule has 0 amide bonds. The normalized spacial score (nSPS) is 11.5. The summed E-state index contributed by atoms with van der Waals surface area (Å²) in [6, 6.07) is 45.3. The van der Waals surface area contributed by atoms with Crippen molar-refractivity contribution in [1.29, 1.82) is 0 Å². The molecule has 8 heteroatoms. The largest absolute Gasteiger partial charge is 0.478 e. The van der Waals surface area contributed by atoms with E-state index in [0.717, 1.165) is 132 Å². The Morgan fingerprint density at radius 3 is 0.614 bits per heavy atom. The highest BCUT2D eigenvalue weighted by atomic mass is 16.4. The third kappa shape index (κ3) is 7.51. The monoisotopic (exact) mass is 918 g/mol. The van der Waals surface area contributed by atoms with E-state index >= 15 is 0 Å². The minimum absolute atomic E-state index is 0.212. The van der Waals surface area contributed by atoms with E-state index in [0.29, 0.717) is 0 Å². The summed E-state index contributed by atoms with van der Waals surface area (Å²) in [6.07, 6.45) is 0. The molecule has 0 aliphatic heterocycles. The predicted molar refractivity (Wildman–Crippen MR) is 280 cm³/mol. The summed E-state index contributed by atoms with van der Waals surface area (Å²) < 4.78 is 0. The van der Waals surface area contributed by atoms with Crippen molar-refractivity contribution >= 4 is 67.0 Å². The van der Waals surface area contributed by atoms with Crippen LogP contribution >= 0.6 is 0 Å². The first kappa shape index (κ1) is 44.9. The number of aromatic carboxylic acids is 4. The fourth-order valence-electron chi connectivity index (χ4n) is 11.1. The second-order valence-corrected chi connectivity index (χ2v) is 18.3. The van der Waals surface area contributed by atoms with Gasteiger partial charge in [-0.15, -0.1) is 0 Å². The van der Waals surface area contributed by atoms with Crippen LogP contribution in [0.25, 0.3) is 98.7 Å². The summed E-state index contributed by atoms with van der Waals surface area (Å²) in [4.78, 5) is 47.8. The molecular weight excluding hydrogens is 873 g/mol. The molecule has 10 aromatic carbocycles. The molecule has 10 aromatic rings. The molecule has 4 N–H and O–H groups in total. The van der Waals surface area contributed by atoms with Crippen LogP contribution in [0.4, 0.5) is 0 Å². The Balaban J connectivity index is 1.30. The highest BCUT2D eigenvalue weighted by Crippen LogP contribution is 2.51. The quantitative estimate of drug-likeness (QED) is 0.112. The van der Waals surface area contributed by atoms with Crippen molar-refractivity contribution in [3.8, 4) is 55.6 Å². The Hall–Kier alpha value is -8.88. The molecule has 0 aliphatic rings. The van der Waals surface area contributed by atoms with Crippen LogP contribution < -0.4 is 0 Å². The van der Waals surface area contributed by atoms with Crippen LogP contribution in [-0.4, -0.2) is 44.3 Å². The molecule has 0 atom stereocenters.